The van der Waals surface area contributed by atoms with Crippen LogP contribution in [0, 0.1) is 11.3 Å². The molecule has 16 heavy (non-hydrogen) atoms. The molecule has 1 amide bonds. The largest absolute Gasteiger partial charge is 0.397 e. The number of amides is 1. The quantitative estimate of drug-likeness (QED) is 0.724. The lowest BCUT2D eigenvalue weighted by Gasteiger charge is -2.27. The van der Waals surface area contributed by atoms with Gasteiger partial charge in [-0.3, -0.25) is 4.79 Å². The molecule has 4 nitrogen and oxygen atoms in total. The fraction of sp³-hybridized carbons (Fsp3) is 0.333. The Hall–Kier alpha value is -2.02. The predicted molar refractivity (Wildman–Crippen MR) is 61.8 cm³/mol. The van der Waals surface area contributed by atoms with Gasteiger partial charge < -0.3 is 10.6 Å². The molecular weight excluding hydrogens is 202 g/mol. The number of hydrogen-bond acceptors (Lipinski definition) is 3. The molecule has 0 atom stereocenters. The Balaban J connectivity index is 2.33. The maximum Gasteiger partial charge on any atom is 0.227 e. The fourth-order valence-corrected chi connectivity index (χ4v) is 1.93. The summed E-state index contributed by atoms with van der Waals surface area (Å²) in [6.07, 6.45) is 2.54. The van der Waals surface area contributed by atoms with Crippen LogP contribution in [0.25, 0.3) is 0 Å². The molecule has 2 rings (SSSR count). The second kappa shape index (κ2) is 4.23. The number of piperidine rings is 1. The maximum atomic E-state index is 11.7. The number of carbonyl (C=O) groups is 1. The van der Waals surface area contributed by atoms with Crippen molar-refractivity contribution in [1.82, 2.24) is 0 Å². The van der Waals surface area contributed by atoms with Crippen LogP contribution in [0.3, 0.4) is 0 Å². The average molecular weight is 215 g/mol. The molecule has 0 unspecified atom stereocenters. The molecule has 1 aromatic rings. The monoisotopic (exact) mass is 215 g/mol. The molecule has 1 heterocycles. The SMILES string of the molecule is N#Cc1ccc(N2CCCCC2=O)c(N)c1. The van der Waals surface area contributed by atoms with Crippen molar-refractivity contribution in [2.45, 2.75) is 19.3 Å². The van der Waals surface area contributed by atoms with Gasteiger partial charge in [0.25, 0.3) is 0 Å². The maximum absolute atomic E-state index is 11.7. The zero-order valence-corrected chi connectivity index (χ0v) is 8.94. The zero-order chi connectivity index (χ0) is 11.5. The molecule has 0 aliphatic carbocycles. The summed E-state index contributed by atoms with van der Waals surface area (Å²) in [6, 6.07) is 7.07. The highest BCUT2D eigenvalue weighted by Gasteiger charge is 2.21. The lowest BCUT2D eigenvalue weighted by molar-refractivity contribution is -0.119. The van der Waals surface area contributed by atoms with Gasteiger partial charge >= 0.3 is 0 Å². The summed E-state index contributed by atoms with van der Waals surface area (Å²) in [5, 5.41) is 8.73. The van der Waals surface area contributed by atoms with Gasteiger partial charge in [0.15, 0.2) is 0 Å². The Kier molecular flexibility index (Phi) is 2.78. The molecule has 4 heteroatoms. The summed E-state index contributed by atoms with van der Waals surface area (Å²) >= 11 is 0. The number of hydrogen-bond donors (Lipinski definition) is 1. The van der Waals surface area contributed by atoms with Gasteiger partial charge in [-0.25, -0.2) is 0 Å². The van der Waals surface area contributed by atoms with Crippen molar-refractivity contribution in [3.63, 3.8) is 0 Å². The van der Waals surface area contributed by atoms with Crippen LogP contribution in [0.15, 0.2) is 18.2 Å². The number of nitrogen functional groups attached to an aromatic ring is 1. The third kappa shape index (κ3) is 1.84. The number of nitrogens with zero attached hydrogens (tertiary/aromatic N) is 2. The zero-order valence-electron chi connectivity index (χ0n) is 8.94. The molecule has 1 aliphatic heterocycles. The van der Waals surface area contributed by atoms with Crippen LogP contribution in [-0.2, 0) is 4.79 Å². The van der Waals surface area contributed by atoms with Gasteiger partial charge in [0.1, 0.15) is 0 Å². The molecule has 0 aromatic heterocycles. The Morgan fingerprint density at radius 3 is 2.81 bits per heavy atom. The summed E-state index contributed by atoms with van der Waals surface area (Å²) in [7, 11) is 0. The van der Waals surface area contributed by atoms with E-state index in [1.165, 1.54) is 0 Å². The van der Waals surface area contributed by atoms with Crippen LogP contribution in [0.2, 0.25) is 0 Å². The molecule has 1 aliphatic rings. The Morgan fingerprint density at radius 1 is 1.38 bits per heavy atom. The molecule has 0 bridgehead atoms. The van der Waals surface area contributed by atoms with E-state index >= 15 is 0 Å². The van der Waals surface area contributed by atoms with Crippen molar-refractivity contribution < 1.29 is 4.79 Å². The van der Waals surface area contributed by atoms with Crippen molar-refractivity contribution >= 4 is 17.3 Å². The van der Waals surface area contributed by atoms with Crippen LogP contribution in [0.5, 0.6) is 0 Å². The van der Waals surface area contributed by atoms with E-state index in [9.17, 15) is 4.79 Å². The van der Waals surface area contributed by atoms with Gasteiger partial charge in [0.05, 0.1) is 23.0 Å². The standard InChI is InChI=1S/C12H13N3O/c13-8-9-4-5-11(10(14)7-9)15-6-2-1-3-12(15)16/h4-5,7H,1-3,6,14H2. The predicted octanol–water partition coefficient (Wildman–Crippen LogP) is 1.66. The first-order valence-electron chi connectivity index (χ1n) is 5.32. The molecule has 2 N–H and O–H groups in total. The minimum atomic E-state index is 0.114. The second-order valence-electron chi connectivity index (χ2n) is 3.89. The smallest absolute Gasteiger partial charge is 0.227 e. The van der Waals surface area contributed by atoms with Gasteiger partial charge in [0, 0.05) is 13.0 Å². The van der Waals surface area contributed by atoms with Crippen LogP contribution < -0.4 is 10.6 Å². The van der Waals surface area contributed by atoms with Crippen molar-refractivity contribution in [2.75, 3.05) is 17.2 Å². The number of anilines is 2. The first-order valence-corrected chi connectivity index (χ1v) is 5.32. The highest BCUT2D eigenvalue weighted by Crippen LogP contribution is 2.27. The average Bonchev–Trinajstić information content (AvgIpc) is 2.30. The molecule has 1 aromatic carbocycles. The van der Waals surface area contributed by atoms with E-state index in [2.05, 4.69) is 0 Å². The third-order valence-corrected chi connectivity index (χ3v) is 2.77. The minimum absolute atomic E-state index is 0.114. The first kappa shape index (κ1) is 10.5. The number of nitrogens with two attached hydrogens (primary N) is 1. The Morgan fingerprint density at radius 2 is 2.19 bits per heavy atom. The van der Waals surface area contributed by atoms with Crippen LogP contribution in [-0.4, -0.2) is 12.5 Å². The lowest BCUT2D eigenvalue weighted by atomic mass is 10.1. The van der Waals surface area contributed by atoms with Crippen molar-refractivity contribution in [2.24, 2.45) is 0 Å². The minimum Gasteiger partial charge on any atom is -0.397 e. The van der Waals surface area contributed by atoms with E-state index in [4.69, 9.17) is 11.0 Å². The van der Waals surface area contributed by atoms with Crippen LogP contribution >= 0.6 is 0 Å². The van der Waals surface area contributed by atoms with Gasteiger partial charge in [-0.05, 0) is 31.0 Å². The normalized spacial score (nSPS) is 15.9. The van der Waals surface area contributed by atoms with E-state index < -0.39 is 0 Å². The van der Waals surface area contributed by atoms with Crippen molar-refractivity contribution in [3.05, 3.63) is 23.8 Å². The van der Waals surface area contributed by atoms with Gasteiger partial charge in [-0.2, -0.15) is 5.26 Å². The van der Waals surface area contributed by atoms with Gasteiger partial charge in [0.2, 0.25) is 5.91 Å². The summed E-state index contributed by atoms with van der Waals surface area (Å²) in [5.41, 5.74) is 7.58. The van der Waals surface area contributed by atoms with E-state index in [-0.39, 0.29) is 5.91 Å². The third-order valence-electron chi connectivity index (χ3n) is 2.77. The topological polar surface area (TPSA) is 70.1 Å². The second-order valence-corrected chi connectivity index (χ2v) is 3.89. The molecule has 1 saturated heterocycles. The van der Waals surface area contributed by atoms with Crippen molar-refractivity contribution in [3.8, 4) is 6.07 Å². The highest BCUT2D eigenvalue weighted by molar-refractivity contribution is 5.97. The Labute approximate surface area is 94.3 Å². The summed E-state index contributed by atoms with van der Waals surface area (Å²) in [6.45, 7) is 0.717. The molecular formula is C12H13N3O. The van der Waals surface area contributed by atoms with E-state index in [0.717, 1.165) is 25.1 Å². The molecule has 1 fully saturated rings. The molecule has 0 radical (unpaired) electrons. The summed E-state index contributed by atoms with van der Waals surface area (Å²) in [4.78, 5) is 13.4. The first-order chi connectivity index (χ1) is 7.72. The van der Waals surface area contributed by atoms with E-state index in [1.54, 1.807) is 23.1 Å². The van der Waals surface area contributed by atoms with Crippen LogP contribution in [0.1, 0.15) is 24.8 Å². The summed E-state index contributed by atoms with van der Waals surface area (Å²) < 4.78 is 0. The fourth-order valence-electron chi connectivity index (χ4n) is 1.93. The van der Waals surface area contributed by atoms with E-state index in [0.29, 0.717) is 17.7 Å². The van der Waals surface area contributed by atoms with Crippen LogP contribution in [0.4, 0.5) is 11.4 Å². The highest BCUT2D eigenvalue weighted by atomic mass is 16.2. The van der Waals surface area contributed by atoms with Crippen molar-refractivity contribution in [1.29, 1.82) is 5.26 Å². The number of nitriles is 1. The molecule has 82 valence electrons. The summed E-state index contributed by atoms with van der Waals surface area (Å²) in [5.74, 6) is 0.114. The van der Waals surface area contributed by atoms with E-state index in [1.807, 2.05) is 6.07 Å². The number of rotatable bonds is 1. The lowest BCUT2D eigenvalue weighted by Crippen LogP contribution is -2.35. The Bertz CT molecular complexity index is 462. The van der Waals surface area contributed by atoms with Gasteiger partial charge in [-0.15, -0.1) is 0 Å². The van der Waals surface area contributed by atoms with Gasteiger partial charge in [-0.1, -0.05) is 0 Å². The molecule has 0 saturated carbocycles. The number of benzene rings is 1. The number of carbonyl (C=O) groups excluding carboxylic acids is 1. The molecule has 0 spiro atoms.